The molecule has 1 N–H and O–H groups in total. The standard InChI is InChI=1S/C20H22ClN3O4S/c1-4-18(20(25)23-15-7-5-14(6-8-15)11-12-22)24(29(3,26)27)16-9-10-19(28-2)17(21)13-16/h5-10,13,18H,4,11H2,1-3H3,(H,23,25). The van der Waals surface area contributed by atoms with E-state index in [-0.39, 0.29) is 23.6 Å². The predicted molar refractivity (Wildman–Crippen MR) is 114 cm³/mol. The average molecular weight is 436 g/mol. The van der Waals surface area contributed by atoms with Crippen LogP contribution < -0.4 is 14.4 Å². The summed E-state index contributed by atoms with van der Waals surface area (Å²) in [6.07, 6.45) is 1.55. The fraction of sp³-hybridized carbons (Fsp3) is 0.300. The minimum absolute atomic E-state index is 0.238. The van der Waals surface area contributed by atoms with Crippen LogP contribution in [-0.4, -0.2) is 33.7 Å². The minimum Gasteiger partial charge on any atom is -0.495 e. The maximum atomic E-state index is 12.9. The molecule has 0 spiro atoms. The molecular weight excluding hydrogens is 414 g/mol. The zero-order chi connectivity index (χ0) is 21.6. The first-order chi connectivity index (χ1) is 13.7. The van der Waals surface area contributed by atoms with Crippen LogP contribution >= 0.6 is 11.6 Å². The fourth-order valence-electron chi connectivity index (χ4n) is 2.88. The van der Waals surface area contributed by atoms with E-state index in [0.717, 1.165) is 16.1 Å². The number of carbonyl (C=O) groups is 1. The Morgan fingerprint density at radius 1 is 1.28 bits per heavy atom. The molecule has 1 atom stereocenters. The molecule has 0 aromatic heterocycles. The number of anilines is 2. The van der Waals surface area contributed by atoms with Gasteiger partial charge in [-0.05, 0) is 42.3 Å². The Labute approximate surface area is 175 Å². The van der Waals surface area contributed by atoms with Crippen molar-refractivity contribution in [2.45, 2.75) is 25.8 Å². The first-order valence-corrected chi connectivity index (χ1v) is 11.0. The Kier molecular flexibility index (Phi) is 7.48. The van der Waals surface area contributed by atoms with Crippen molar-refractivity contribution in [3.8, 4) is 11.8 Å². The summed E-state index contributed by atoms with van der Waals surface area (Å²) in [6, 6.07) is 12.4. The quantitative estimate of drug-likeness (QED) is 0.682. The summed E-state index contributed by atoms with van der Waals surface area (Å²) in [6.45, 7) is 1.73. The highest BCUT2D eigenvalue weighted by Crippen LogP contribution is 2.32. The van der Waals surface area contributed by atoms with Gasteiger partial charge in [-0.25, -0.2) is 8.42 Å². The second-order valence-corrected chi connectivity index (χ2v) is 8.59. The lowest BCUT2D eigenvalue weighted by atomic mass is 10.1. The van der Waals surface area contributed by atoms with Crippen LogP contribution in [0.3, 0.4) is 0 Å². The number of hydrogen-bond donors (Lipinski definition) is 1. The van der Waals surface area contributed by atoms with Crippen molar-refractivity contribution < 1.29 is 17.9 Å². The van der Waals surface area contributed by atoms with Crippen LogP contribution in [-0.2, 0) is 21.2 Å². The Morgan fingerprint density at radius 2 is 1.93 bits per heavy atom. The third kappa shape index (κ3) is 5.62. The molecule has 2 aromatic carbocycles. The van der Waals surface area contributed by atoms with Crippen LogP contribution in [0.15, 0.2) is 42.5 Å². The van der Waals surface area contributed by atoms with E-state index in [2.05, 4.69) is 11.4 Å². The van der Waals surface area contributed by atoms with Gasteiger partial charge in [0.1, 0.15) is 11.8 Å². The normalized spacial score (nSPS) is 12.0. The lowest BCUT2D eigenvalue weighted by Gasteiger charge is -2.30. The van der Waals surface area contributed by atoms with Crippen molar-refractivity contribution in [1.29, 1.82) is 5.26 Å². The van der Waals surface area contributed by atoms with E-state index < -0.39 is 22.0 Å². The summed E-state index contributed by atoms with van der Waals surface area (Å²) in [5, 5.41) is 11.7. The van der Waals surface area contributed by atoms with Gasteiger partial charge in [0, 0.05) is 5.69 Å². The van der Waals surface area contributed by atoms with Gasteiger partial charge in [-0.1, -0.05) is 30.7 Å². The Bertz CT molecular complexity index is 1020. The van der Waals surface area contributed by atoms with E-state index in [1.165, 1.54) is 13.2 Å². The number of hydrogen-bond acceptors (Lipinski definition) is 5. The zero-order valence-electron chi connectivity index (χ0n) is 16.3. The molecule has 0 bridgehead atoms. The first kappa shape index (κ1) is 22.5. The Hall–Kier alpha value is -2.76. The Balaban J connectivity index is 2.34. The number of rotatable bonds is 8. The number of nitriles is 1. The van der Waals surface area contributed by atoms with Crippen LogP contribution in [0.1, 0.15) is 18.9 Å². The maximum absolute atomic E-state index is 12.9. The molecule has 0 aliphatic carbocycles. The van der Waals surface area contributed by atoms with Gasteiger partial charge in [-0.15, -0.1) is 0 Å². The van der Waals surface area contributed by atoms with Crippen molar-refractivity contribution in [2.24, 2.45) is 0 Å². The number of methoxy groups -OCH3 is 1. The molecule has 1 amide bonds. The van der Waals surface area contributed by atoms with E-state index in [0.29, 0.717) is 11.4 Å². The molecule has 9 heteroatoms. The van der Waals surface area contributed by atoms with E-state index in [4.69, 9.17) is 21.6 Å². The monoisotopic (exact) mass is 435 g/mol. The van der Waals surface area contributed by atoms with Gasteiger partial charge in [-0.3, -0.25) is 9.10 Å². The third-order valence-corrected chi connectivity index (χ3v) is 5.70. The van der Waals surface area contributed by atoms with Gasteiger partial charge in [-0.2, -0.15) is 5.26 Å². The lowest BCUT2D eigenvalue weighted by Crippen LogP contribution is -2.47. The lowest BCUT2D eigenvalue weighted by molar-refractivity contribution is -0.117. The molecule has 7 nitrogen and oxygen atoms in total. The number of carbonyl (C=O) groups excluding carboxylic acids is 1. The molecule has 2 aromatic rings. The number of ether oxygens (including phenoxy) is 1. The molecule has 1 unspecified atom stereocenters. The highest BCUT2D eigenvalue weighted by atomic mass is 35.5. The summed E-state index contributed by atoms with van der Waals surface area (Å²) >= 11 is 6.15. The molecule has 0 radical (unpaired) electrons. The Morgan fingerprint density at radius 3 is 2.41 bits per heavy atom. The summed E-state index contributed by atoms with van der Waals surface area (Å²) in [7, 11) is -2.32. The van der Waals surface area contributed by atoms with Crippen molar-refractivity contribution in [3.63, 3.8) is 0 Å². The summed E-state index contributed by atoms with van der Waals surface area (Å²) in [4.78, 5) is 12.9. The summed E-state index contributed by atoms with van der Waals surface area (Å²) in [5.74, 6) is -0.0725. The maximum Gasteiger partial charge on any atom is 0.248 e. The number of sulfonamides is 1. The molecule has 0 aliphatic heterocycles. The van der Waals surface area contributed by atoms with Gasteiger partial charge < -0.3 is 10.1 Å². The summed E-state index contributed by atoms with van der Waals surface area (Å²) in [5.41, 5.74) is 1.60. The second kappa shape index (κ2) is 9.63. The number of halogens is 1. The first-order valence-electron chi connectivity index (χ1n) is 8.81. The van der Waals surface area contributed by atoms with E-state index >= 15 is 0 Å². The third-order valence-electron chi connectivity index (χ3n) is 4.22. The van der Waals surface area contributed by atoms with E-state index in [9.17, 15) is 13.2 Å². The van der Waals surface area contributed by atoms with Crippen LogP contribution in [0.5, 0.6) is 5.75 Å². The molecule has 0 saturated carbocycles. The fourth-order valence-corrected chi connectivity index (χ4v) is 4.33. The minimum atomic E-state index is -3.78. The number of benzene rings is 2. The van der Waals surface area contributed by atoms with Crippen LogP contribution in [0.25, 0.3) is 0 Å². The zero-order valence-corrected chi connectivity index (χ0v) is 17.9. The van der Waals surface area contributed by atoms with Crippen molar-refractivity contribution in [2.75, 3.05) is 23.0 Å². The SMILES string of the molecule is CCC(C(=O)Nc1ccc(CC#N)cc1)N(c1ccc(OC)c(Cl)c1)S(C)(=O)=O. The van der Waals surface area contributed by atoms with Gasteiger partial charge in [0.05, 0.1) is 36.6 Å². The smallest absolute Gasteiger partial charge is 0.248 e. The van der Waals surface area contributed by atoms with Crippen LogP contribution in [0, 0.1) is 11.3 Å². The molecule has 29 heavy (non-hydrogen) atoms. The number of amides is 1. The molecule has 0 aliphatic rings. The highest BCUT2D eigenvalue weighted by molar-refractivity contribution is 7.92. The van der Waals surface area contributed by atoms with Gasteiger partial charge >= 0.3 is 0 Å². The number of nitrogens with one attached hydrogen (secondary N) is 1. The number of nitrogens with zero attached hydrogens (tertiary/aromatic N) is 2. The van der Waals surface area contributed by atoms with E-state index in [1.807, 2.05) is 0 Å². The van der Waals surface area contributed by atoms with Gasteiger partial charge in [0.25, 0.3) is 0 Å². The molecule has 154 valence electrons. The van der Waals surface area contributed by atoms with Crippen molar-refractivity contribution in [1.82, 2.24) is 0 Å². The van der Waals surface area contributed by atoms with Crippen LogP contribution in [0.4, 0.5) is 11.4 Å². The molecule has 0 saturated heterocycles. The van der Waals surface area contributed by atoms with Gasteiger partial charge in [0.2, 0.25) is 15.9 Å². The summed E-state index contributed by atoms with van der Waals surface area (Å²) < 4.78 is 31.2. The van der Waals surface area contributed by atoms with Crippen LogP contribution in [0.2, 0.25) is 5.02 Å². The molecular formula is C20H22ClN3O4S. The molecule has 2 rings (SSSR count). The highest BCUT2D eigenvalue weighted by Gasteiger charge is 2.32. The molecule has 0 heterocycles. The molecule has 0 fully saturated rings. The van der Waals surface area contributed by atoms with Crippen molar-refractivity contribution >= 4 is 38.9 Å². The topological polar surface area (TPSA) is 99.5 Å². The van der Waals surface area contributed by atoms with E-state index in [1.54, 1.807) is 43.3 Å². The largest absolute Gasteiger partial charge is 0.495 e. The van der Waals surface area contributed by atoms with Gasteiger partial charge in [0.15, 0.2) is 0 Å². The van der Waals surface area contributed by atoms with Crippen molar-refractivity contribution in [3.05, 3.63) is 53.1 Å². The predicted octanol–water partition coefficient (Wildman–Crippen LogP) is 3.60. The average Bonchev–Trinajstić information content (AvgIpc) is 2.66. The second-order valence-electron chi connectivity index (χ2n) is 6.32.